The van der Waals surface area contributed by atoms with Crippen LogP contribution in [0.3, 0.4) is 0 Å². The zero-order valence-electron chi connectivity index (χ0n) is 15.7. The molecule has 0 N–H and O–H groups in total. The Kier molecular flexibility index (Phi) is 5.47. The highest BCUT2D eigenvalue weighted by atomic mass is 19.1. The first-order valence-corrected chi connectivity index (χ1v) is 9.73. The fraction of sp³-hybridized carbons (Fsp3) is 0.250. The third kappa shape index (κ3) is 4.28. The number of amides is 1. The van der Waals surface area contributed by atoms with E-state index in [1.165, 1.54) is 12.1 Å². The molecular weight excluding hydrogens is 351 g/mol. The molecule has 2 heterocycles. The first kappa shape index (κ1) is 18.4. The van der Waals surface area contributed by atoms with E-state index in [1.807, 2.05) is 53.4 Å². The average molecular weight is 374 g/mol. The lowest BCUT2D eigenvalue weighted by atomic mass is 9.93. The maximum atomic E-state index is 13.2. The Bertz CT molecular complexity index is 940. The number of pyridine rings is 1. The molecule has 1 aliphatic heterocycles. The van der Waals surface area contributed by atoms with Gasteiger partial charge in [-0.2, -0.15) is 0 Å². The van der Waals surface area contributed by atoms with Crippen LogP contribution in [0.25, 0.3) is 11.3 Å². The SMILES string of the molecule is O=C(Cc1ccccc1)N1CCC[C@H](c2cccc(-c3ccc(F)cc3)n2)C1. The van der Waals surface area contributed by atoms with Gasteiger partial charge in [0.1, 0.15) is 5.82 Å². The molecule has 1 fully saturated rings. The van der Waals surface area contributed by atoms with Crippen LogP contribution >= 0.6 is 0 Å². The lowest BCUT2D eigenvalue weighted by molar-refractivity contribution is -0.131. The van der Waals surface area contributed by atoms with Crippen LogP contribution in [0.4, 0.5) is 4.39 Å². The van der Waals surface area contributed by atoms with Crippen molar-refractivity contribution in [2.75, 3.05) is 13.1 Å². The third-order valence-electron chi connectivity index (χ3n) is 5.30. The molecule has 3 nitrogen and oxygen atoms in total. The Labute approximate surface area is 164 Å². The van der Waals surface area contributed by atoms with Gasteiger partial charge in [-0.05, 0) is 54.8 Å². The zero-order valence-corrected chi connectivity index (χ0v) is 15.7. The Morgan fingerprint density at radius 3 is 2.57 bits per heavy atom. The smallest absolute Gasteiger partial charge is 0.227 e. The highest BCUT2D eigenvalue weighted by Crippen LogP contribution is 2.28. The van der Waals surface area contributed by atoms with Crippen LogP contribution in [0.5, 0.6) is 0 Å². The van der Waals surface area contributed by atoms with E-state index in [0.29, 0.717) is 13.0 Å². The van der Waals surface area contributed by atoms with Gasteiger partial charge in [0.25, 0.3) is 0 Å². The number of benzene rings is 2. The van der Waals surface area contributed by atoms with Gasteiger partial charge in [-0.25, -0.2) is 4.39 Å². The van der Waals surface area contributed by atoms with Gasteiger partial charge in [0.2, 0.25) is 5.91 Å². The summed E-state index contributed by atoms with van der Waals surface area (Å²) in [5, 5.41) is 0. The van der Waals surface area contributed by atoms with E-state index in [1.54, 1.807) is 12.1 Å². The van der Waals surface area contributed by atoms with Crippen molar-refractivity contribution in [3.05, 3.63) is 89.9 Å². The van der Waals surface area contributed by atoms with Gasteiger partial charge in [0.05, 0.1) is 12.1 Å². The number of carbonyl (C=O) groups is 1. The van der Waals surface area contributed by atoms with Crippen molar-refractivity contribution in [3.8, 4) is 11.3 Å². The van der Waals surface area contributed by atoms with E-state index in [9.17, 15) is 9.18 Å². The van der Waals surface area contributed by atoms with Crippen molar-refractivity contribution in [1.29, 1.82) is 0 Å². The van der Waals surface area contributed by atoms with Crippen LogP contribution in [0.15, 0.2) is 72.8 Å². The van der Waals surface area contributed by atoms with Gasteiger partial charge < -0.3 is 4.90 Å². The molecule has 4 rings (SSSR count). The number of hydrogen-bond donors (Lipinski definition) is 0. The van der Waals surface area contributed by atoms with E-state index in [-0.39, 0.29) is 17.6 Å². The summed E-state index contributed by atoms with van der Waals surface area (Å²) < 4.78 is 13.2. The predicted molar refractivity (Wildman–Crippen MR) is 108 cm³/mol. The van der Waals surface area contributed by atoms with E-state index >= 15 is 0 Å². The van der Waals surface area contributed by atoms with E-state index < -0.39 is 0 Å². The Morgan fingerprint density at radius 2 is 1.79 bits per heavy atom. The van der Waals surface area contributed by atoms with Crippen molar-refractivity contribution < 1.29 is 9.18 Å². The van der Waals surface area contributed by atoms with Gasteiger partial charge in [0, 0.05) is 30.3 Å². The second-order valence-corrected chi connectivity index (χ2v) is 7.30. The maximum Gasteiger partial charge on any atom is 0.227 e. The third-order valence-corrected chi connectivity index (χ3v) is 5.30. The average Bonchev–Trinajstić information content (AvgIpc) is 2.75. The summed E-state index contributed by atoms with van der Waals surface area (Å²) >= 11 is 0. The molecule has 0 saturated carbocycles. The predicted octanol–water partition coefficient (Wildman–Crippen LogP) is 4.84. The molecule has 0 bridgehead atoms. The molecule has 0 spiro atoms. The molecule has 1 amide bonds. The number of halogens is 1. The molecule has 1 atom stereocenters. The lowest BCUT2D eigenvalue weighted by Crippen LogP contribution is -2.40. The molecule has 1 aliphatic rings. The zero-order chi connectivity index (χ0) is 19.3. The van der Waals surface area contributed by atoms with Crippen molar-refractivity contribution in [3.63, 3.8) is 0 Å². The Hall–Kier alpha value is -3.01. The number of piperidine rings is 1. The molecule has 1 aromatic heterocycles. The summed E-state index contributed by atoms with van der Waals surface area (Å²) in [6.45, 7) is 1.51. The number of carbonyl (C=O) groups excluding carboxylic acids is 1. The van der Waals surface area contributed by atoms with Crippen LogP contribution in [-0.2, 0) is 11.2 Å². The Balaban J connectivity index is 1.48. The van der Waals surface area contributed by atoms with Crippen LogP contribution in [-0.4, -0.2) is 28.9 Å². The normalized spacial score (nSPS) is 16.8. The van der Waals surface area contributed by atoms with Gasteiger partial charge in [-0.15, -0.1) is 0 Å². The van der Waals surface area contributed by atoms with Crippen LogP contribution in [0.1, 0.15) is 30.0 Å². The summed E-state index contributed by atoms with van der Waals surface area (Å²) in [6.07, 6.45) is 2.44. The van der Waals surface area contributed by atoms with Crippen LogP contribution < -0.4 is 0 Å². The minimum atomic E-state index is -0.250. The van der Waals surface area contributed by atoms with Crippen LogP contribution in [0, 0.1) is 5.82 Å². The number of hydrogen-bond acceptors (Lipinski definition) is 2. The summed E-state index contributed by atoms with van der Waals surface area (Å²) in [7, 11) is 0. The molecule has 0 radical (unpaired) electrons. The standard InChI is InChI=1S/C24H23FN2O/c25-21-13-11-19(12-14-21)22-9-4-10-23(26-22)20-8-5-15-27(17-20)24(28)16-18-6-2-1-3-7-18/h1-4,6-7,9-14,20H,5,8,15-17H2/t20-/m0/s1. The fourth-order valence-electron chi connectivity index (χ4n) is 3.79. The quantitative estimate of drug-likeness (QED) is 0.655. The van der Waals surface area contributed by atoms with Crippen molar-refractivity contribution in [2.45, 2.75) is 25.2 Å². The summed E-state index contributed by atoms with van der Waals surface area (Å²) in [5.74, 6) is 0.152. The van der Waals surface area contributed by atoms with Gasteiger partial charge in [-0.1, -0.05) is 36.4 Å². The Morgan fingerprint density at radius 1 is 1.00 bits per heavy atom. The minimum Gasteiger partial charge on any atom is -0.342 e. The molecule has 1 saturated heterocycles. The van der Waals surface area contributed by atoms with E-state index in [2.05, 4.69) is 0 Å². The largest absolute Gasteiger partial charge is 0.342 e. The second-order valence-electron chi connectivity index (χ2n) is 7.30. The molecule has 2 aromatic carbocycles. The van der Waals surface area contributed by atoms with Crippen molar-refractivity contribution >= 4 is 5.91 Å². The van der Waals surface area contributed by atoms with E-state index in [0.717, 1.165) is 41.9 Å². The molecule has 28 heavy (non-hydrogen) atoms. The molecule has 3 aromatic rings. The minimum absolute atomic E-state index is 0.172. The van der Waals surface area contributed by atoms with Crippen molar-refractivity contribution in [1.82, 2.24) is 9.88 Å². The molecular formula is C24H23FN2O. The molecule has 0 aliphatic carbocycles. The first-order chi connectivity index (χ1) is 13.7. The van der Waals surface area contributed by atoms with Gasteiger partial charge in [-0.3, -0.25) is 9.78 Å². The number of likely N-dealkylation sites (tertiary alicyclic amines) is 1. The first-order valence-electron chi connectivity index (χ1n) is 9.73. The fourth-order valence-corrected chi connectivity index (χ4v) is 3.79. The highest BCUT2D eigenvalue weighted by Gasteiger charge is 2.25. The summed E-state index contributed by atoms with van der Waals surface area (Å²) in [6, 6.07) is 22.2. The number of nitrogens with zero attached hydrogens (tertiary/aromatic N) is 2. The maximum absolute atomic E-state index is 13.2. The number of aromatic nitrogens is 1. The summed E-state index contributed by atoms with van der Waals surface area (Å²) in [4.78, 5) is 19.5. The van der Waals surface area contributed by atoms with Gasteiger partial charge >= 0.3 is 0 Å². The van der Waals surface area contributed by atoms with Gasteiger partial charge in [0.15, 0.2) is 0 Å². The van der Waals surface area contributed by atoms with Crippen molar-refractivity contribution in [2.24, 2.45) is 0 Å². The number of rotatable bonds is 4. The lowest BCUT2D eigenvalue weighted by Gasteiger charge is -2.32. The molecule has 142 valence electrons. The molecule has 4 heteroatoms. The monoisotopic (exact) mass is 374 g/mol. The topological polar surface area (TPSA) is 33.2 Å². The second kappa shape index (κ2) is 8.34. The highest BCUT2D eigenvalue weighted by molar-refractivity contribution is 5.79. The summed E-state index contributed by atoms with van der Waals surface area (Å²) in [5.41, 5.74) is 3.78. The van der Waals surface area contributed by atoms with E-state index in [4.69, 9.17) is 4.98 Å². The van der Waals surface area contributed by atoms with Crippen LogP contribution in [0.2, 0.25) is 0 Å². The molecule has 0 unspecified atom stereocenters.